The van der Waals surface area contributed by atoms with Gasteiger partial charge in [-0.1, -0.05) is 6.92 Å². The van der Waals surface area contributed by atoms with Gasteiger partial charge >= 0.3 is 18.2 Å². The van der Waals surface area contributed by atoms with Gasteiger partial charge in [0.1, 0.15) is 0 Å². The molecule has 0 saturated heterocycles. The molecule has 0 aliphatic heterocycles. The van der Waals surface area contributed by atoms with E-state index in [9.17, 15) is 22.8 Å². The molecule has 0 saturated carbocycles. The maximum absolute atomic E-state index is 12.2. The first-order valence-corrected chi connectivity index (χ1v) is 6.72. The Bertz CT molecular complexity index is 518. The SMILES string of the molecule is CC(CN(C)C(=O)Nc1nc(CC(F)(F)F)cs1)C(=O)O. The highest BCUT2D eigenvalue weighted by molar-refractivity contribution is 7.13. The van der Waals surface area contributed by atoms with E-state index in [0.717, 1.165) is 16.2 Å². The lowest BCUT2D eigenvalue weighted by Crippen LogP contribution is -2.36. The van der Waals surface area contributed by atoms with Crippen molar-refractivity contribution in [3.8, 4) is 0 Å². The van der Waals surface area contributed by atoms with Crippen LogP contribution in [0.15, 0.2) is 5.38 Å². The number of carboxylic acid groups (broad SMARTS) is 1. The Labute approximate surface area is 122 Å². The van der Waals surface area contributed by atoms with Crippen molar-refractivity contribution in [2.75, 3.05) is 18.9 Å². The molecule has 2 amide bonds. The molecule has 6 nitrogen and oxygen atoms in total. The lowest BCUT2D eigenvalue weighted by Gasteiger charge is -2.19. The Balaban J connectivity index is 2.57. The van der Waals surface area contributed by atoms with Gasteiger partial charge in [-0.05, 0) is 0 Å². The van der Waals surface area contributed by atoms with E-state index in [4.69, 9.17) is 5.11 Å². The van der Waals surface area contributed by atoms with E-state index in [1.807, 2.05) is 0 Å². The monoisotopic (exact) mass is 325 g/mol. The number of carboxylic acids is 1. The van der Waals surface area contributed by atoms with Crippen LogP contribution in [0.4, 0.5) is 23.1 Å². The molecule has 21 heavy (non-hydrogen) atoms. The van der Waals surface area contributed by atoms with Crippen molar-refractivity contribution in [2.45, 2.75) is 19.5 Å². The lowest BCUT2D eigenvalue weighted by atomic mass is 10.2. The smallest absolute Gasteiger partial charge is 0.394 e. The van der Waals surface area contributed by atoms with Crippen LogP contribution in [0.1, 0.15) is 12.6 Å². The number of nitrogens with one attached hydrogen (secondary N) is 1. The highest BCUT2D eigenvalue weighted by atomic mass is 32.1. The molecule has 1 aromatic rings. The number of carbonyl (C=O) groups is 2. The molecule has 2 N–H and O–H groups in total. The number of amides is 2. The molecular formula is C11H14F3N3O3S. The number of hydrogen-bond acceptors (Lipinski definition) is 4. The van der Waals surface area contributed by atoms with Crippen LogP contribution in [0, 0.1) is 5.92 Å². The third-order valence-corrected chi connectivity index (χ3v) is 3.27. The van der Waals surface area contributed by atoms with E-state index in [1.54, 1.807) is 0 Å². The van der Waals surface area contributed by atoms with E-state index in [0.29, 0.717) is 0 Å². The molecule has 0 radical (unpaired) electrons. The van der Waals surface area contributed by atoms with Crippen LogP contribution < -0.4 is 5.32 Å². The second-order valence-electron chi connectivity index (χ2n) is 4.49. The number of thiazole rings is 1. The zero-order valence-corrected chi connectivity index (χ0v) is 12.1. The fourth-order valence-electron chi connectivity index (χ4n) is 1.41. The summed E-state index contributed by atoms with van der Waals surface area (Å²) in [5.41, 5.74) is -0.177. The van der Waals surface area contributed by atoms with Gasteiger partial charge in [0.2, 0.25) is 0 Å². The molecule has 1 aromatic heterocycles. The maximum atomic E-state index is 12.2. The van der Waals surface area contributed by atoms with Gasteiger partial charge in [-0.3, -0.25) is 10.1 Å². The summed E-state index contributed by atoms with van der Waals surface area (Å²) in [5, 5.41) is 12.3. The average Bonchev–Trinajstić information content (AvgIpc) is 2.73. The van der Waals surface area contributed by atoms with Crippen molar-refractivity contribution in [3.05, 3.63) is 11.1 Å². The lowest BCUT2D eigenvalue weighted by molar-refractivity contribution is -0.141. The van der Waals surface area contributed by atoms with Gasteiger partial charge in [-0.25, -0.2) is 9.78 Å². The van der Waals surface area contributed by atoms with Crippen molar-refractivity contribution >= 4 is 28.5 Å². The van der Waals surface area contributed by atoms with Crippen molar-refractivity contribution in [3.63, 3.8) is 0 Å². The summed E-state index contributed by atoms with van der Waals surface area (Å²) >= 11 is 0.875. The van der Waals surface area contributed by atoms with Crippen molar-refractivity contribution in [1.82, 2.24) is 9.88 Å². The first-order chi connectivity index (χ1) is 9.58. The Morgan fingerprint density at radius 2 is 2.14 bits per heavy atom. The highest BCUT2D eigenvalue weighted by Gasteiger charge is 2.29. The predicted molar refractivity (Wildman–Crippen MR) is 70.3 cm³/mol. The Morgan fingerprint density at radius 3 is 2.67 bits per heavy atom. The Morgan fingerprint density at radius 1 is 1.52 bits per heavy atom. The van der Waals surface area contributed by atoms with Gasteiger partial charge in [-0.2, -0.15) is 13.2 Å². The molecule has 0 fully saturated rings. The summed E-state index contributed by atoms with van der Waals surface area (Å²) in [5.74, 6) is -1.80. The van der Waals surface area contributed by atoms with E-state index in [1.165, 1.54) is 19.4 Å². The van der Waals surface area contributed by atoms with Gasteiger partial charge in [0.15, 0.2) is 5.13 Å². The van der Waals surface area contributed by atoms with Crippen LogP contribution in [0.3, 0.4) is 0 Å². The molecule has 0 bridgehead atoms. The summed E-state index contributed by atoms with van der Waals surface area (Å²) in [6.07, 6.45) is -5.52. The molecule has 118 valence electrons. The standard InChI is InChI=1S/C11H14F3N3O3S/c1-6(8(18)19)4-17(2)10(20)16-9-15-7(5-21-9)3-11(12,13)14/h5-6H,3-4H2,1-2H3,(H,18,19)(H,15,16,20). The van der Waals surface area contributed by atoms with Gasteiger partial charge < -0.3 is 10.0 Å². The zero-order valence-electron chi connectivity index (χ0n) is 11.3. The summed E-state index contributed by atoms with van der Waals surface area (Å²) in [4.78, 5) is 27.2. The number of halogens is 3. The number of rotatable bonds is 5. The summed E-state index contributed by atoms with van der Waals surface area (Å²) in [6.45, 7) is 1.42. The number of aliphatic carboxylic acids is 1. The Hall–Kier alpha value is -1.84. The molecule has 10 heteroatoms. The predicted octanol–water partition coefficient (Wildman–Crippen LogP) is 2.43. The molecule has 0 spiro atoms. The summed E-state index contributed by atoms with van der Waals surface area (Å²) in [7, 11) is 1.39. The minimum absolute atomic E-state index is 0.0258. The number of aromatic nitrogens is 1. The number of alkyl halides is 3. The zero-order chi connectivity index (χ0) is 16.2. The van der Waals surface area contributed by atoms with Gasteiger partial charge in [0.05, 0.1) is 18.0 Å². The highest BCUT2D eigenvalue weighted by Crippen LogP contribution is 2.24. The second kappa shape index (κ2) is 6.74. The number of nitrogens with zero attached hydrogens (tertiary/aromatic N) is 2. The van der Waals surface area contributed by atoms with Crippen LogP contribution in [0.25, 0.3) is 0 Å². The first-order valence-electron chi connectivity index (χ1n) is 5.84. The van der Waals surface area contributed by atoms with Gasteiger partial charge in [0, 0.05) is 19.0 Å². The molecule has 1 rings (SSSR count). The average molecular weight is 325 g/mol. The van der Waals surface area contributed by atoms with Crippen LogP contribution in [0.2, 0.25) is 0 Å². The third-order valence-electron chi connectivity index (χ3n) is 2.46. The van der Waals surface area contributed by atoms with Gasteiger partial charge in [0.25, 0.3) is 0 Å². The van der Waals surface area contributed by atoms with E-state index >= 15 is 0 Å². The van der Waals surface area contributed by atoms with Crippen LogP contribution >= 0.6 is 11.3 Å². The maximum Gasteiger partial charge on any atom is 0.394 e. The molecule has 1 heterocycles. The summed E-state index contributed by atoms with van der Waals surface area (Å²) < 4.78 is 36.5. The molecular weight excluding hydrogens is 311 g/mol. The van der Waals surface area contributed by atoms with Crippen LogP contribution in [0.5, 0.6) is 0 Å². The normalized spacial score (nSPS) is 12.8. The quantitative estimate of drug-likeness (QED) is 0.871. The first kappa shape index (κ1) is 17.2. The second-order valence-corrected chi connectivity index (χ2v) is 5.34. The topological polar surface area (TPSA) is 82.5 Å². The third kappa shape index (κ3) is 5.98. The van der Waals surface area contributed by atoms with Crippen molar-refractivity contribution < 1.29 is 27.9 Å². The summed E-state index contributed by atoms with van der Waals surface area (Å²) in [6, 6.07) is -0.629. The van der Waals surface area contributed by atoms with E-state index in [2.05, 4.69) is 10.3 Å². The van der Waals surface area contributed by atoms with Gasteiger partial charge in [-0.15, -0.1) is 11.3 Å². The number of hydrogen-bond donors (Lipinski definition) is 2. The molecule has 1 atom stereocenters. The molecule has 0 aliphatic rings. The number of urea groups is 1. The minimum Gasteiger partial charge on any atom is -0.481 e. The Kier molecular flexibility index (Phi) is 5.53. The molecule has 0 aliphatic carbocycles. The van der Waals surface area contributed by atoms with Crippen molar-refractivity contribution in [2.24, 2.45) is 5.92 Å². The van der Waals surface area contributed by atoms with Crippen LogP contribution in [-0.4, -0.2) is 46.8 Å². The van der Waals surface area contributed by atoms with Crippen LogP contribution in [-0.2, 0) is 11.2 Å². The number of anilines is 1. The largest absolute Gasteiger partial charge is 0.481 e. The van der Waals surface area contributed by atoms with E-state index in [-0.39, 0.29) is 17.4 Å². The fraction of sp³-hybridized carbons (Fsp3) is 0.545. The fourth-order valence-corrected chi connectivity index (χ4v) is 2.11. The number of carbonyl (C=O) groups excluding carboxylic acids is 1. The molecule has 1 unspecified atom stereocenters. The van der Waals surface area contributed by atoms with Crippen molar-refractivity contribution in [1.29, 1.82) is 0 Å². The minimum atomic E-state index is -4.36. The molecule has 0 aromatic carbocycles. The van der Waals surface area contributed by atoms with E-state index < -0.39 is 30.5 Å².